The Morgan fingerprint density at radius 3 is 2.53 bits per heavy atom. The van der Waals surface area contributed by atoms with Crippen LogP contribution in [-0.2, 0) is 6.54 Å². The molecule has 1 fully saturated rings. The van der Waals surface area contributed by atoms with Crippen molar-refractivity contribution in [3.63, 3.8) is 0 Å². The molecule has 1 aliphatic rings. The first-order valence-electron chi connectivity index (χ1n) is 11.2. The standard InChI is InChI=1S/C26H23ClF3N3O3/c1-17-6-11-23(22(14-17)31-24(34)19-7-9-20(27)10-8-19)33-13-3-12-32(25(33)35)16-18-4-2-5-21(15-18)36-26(28,29)30/h2,4-11,14-15H,3,12-13,16H2,1H3,(H,31,34). The van der Waals surface area contributed by atoms with Gasteiger partial charge in [-0.15, -0.1) is 13.2 Å². The van der Waals surface area contributed by atoms with Gasteiger partial charge in [0.2, 0.25) is 0 Å². The van der Waals surface area contributed by atoms with Crippen molar-refractivity contribution >= 4 is 34.9 Å². The van der Waals surface area contributed by atoms with Crippen LogP contribution in [0.3, 0.4) is 0 Å². The second-order valence-electron chi connectivity index (χ2n) is 8.39. The van der Waals surface area contributed by atoms with Gasteiger partial charge >= 0.3 is 12.4 Å². The summed E-state index contributed by atoms with van der Waals surface area (Å²) in [5.41, 5.74) is 2.83. The number of carbonyl (C=O) groups excluding carboxylic acids is 2. The summed E-state index contributed by atoms with van der Waals surface area (Å²) in [7, 11) is 0. The molecule has 10 heteroatoms. The fourth-order valence-electron chi connectivity index (χ4n) is 3.99. The van der Waals surface area contributed by atoms with Gasteiger partial charge in [0.15, 0.2) is 0 Å². The first-order valence-corrected chi connectivity index (χ1v) is 11.6. The normalized spacial score (nSPS) is 14.1. The fourth-order valence-corrected chi connectivity index (χ4v) is 4.12. The molecule has 36 heavy (non-hydrogen) atoms. The van der Waals surface area contributed by atoms with E-state index in [1.165, 1.54) is 18.2 Å². The van der Waals surface area contributed by atoms with E-state index in [1.807, 2.05) is 13.0 Å². The molecule has 0 spiro atoms. The van der Waals surface area contributed by atoms with Crippen LogP contribution in [0.25, 0.3) is 0 Å². The number of nitrogens with one attached hydrogen (secondary N) is 1. The highest BCUT2D eigenvalue weighted by Gasteiger charge is 2.32. The van der Waals surface area contributed by atoms with Gasteiger partial charge in [-0.1, -0.05) is 29.8 Å². The quantitative estimate of drug-likeness (QED) is 0.399. The Labute approximate surface area is 211 Å². The minimum atomic E-state index is -4.80. The number of amides is 3. The number of aryl methyl sites for hydroxylation is 1. The molecule has 1 saturated heterocycles. The van der Waals surface area contributed by atoms with Crippen LogP contribution in [0.4, 0.5) is 29.3 Å². The second-order valence-corrected chi connectivity index (χ2v) is 8.82. The molecule has 1 heterocycles. The summed E-state index contributed by atoms with van der Waals surface area (Å²) in [5.74, 6) is -0.687. The number of nitrogens with zero attached hydrogens (tertiary/aromatic N) is 2. The summed E-state index contributed by atoms with van der Waals surface area (Å²) in [4.78, 5) is 29.3. The number of benzene rings is 3. The average Bonchev–Trinajstić information content (AvgIpc) is 2.80. The molecule has 3 aromatic rings. The average molecular weight is 518 g/mol. The third kappa shape index (κ3) is 6.28. The van der Waals surface area contributed by atoms with Crippen molar-refractivity contribution in [1.82, 2.24) is 4.90 Å². The monoisotopic (exact) mass is 517 g/mol. The van der Waals surface area contributed by atoms with Gasteiger partial charge in [0.25, 0.3) is 5.91 Å². The summed E-state index contributed by atoms with van der Waals surface area (Å²) in [6.07, 6.45) is -4.16. The number of ether oxygens (including phenoxy) is 1. The lowest BCUT2D eigenvalue weighted by Crippen LogP contribution is -2.49. The predicted molar refractivity (Wildman–Crippen MR) is 131 cm³/mol. The van der Waals surface area contributed by atoms with Gasteiger partial charge in [0, 0.05) is 30.2 Å². The molecule has 0 radical (unpaired) electrons. The fraction of sp³-hybridized carbons (Fsp3) is 0.231. The van der Waals surface area contributed by atoms with E-state index in [4.69, 9.17) is 11.6 Å². The zero-order valence-corrected chi connectivity index (χ0v) is 20.1. The van der Waals surface area contributed by atoms with Crippen LogP contribution < -0.4 is 15.0 Å². The summed E-state index contributed by atoms with van der Waals surface area (Å²) in [5, 5.41) is 3.39. The van der Waals surface area contributed by atoms with Gasteiger partial charge in [-0.05, 0) is 73.0 Å². The number of carbonyl (C=O) groups is 2. The van der Waals surface area contributed by atoms with Crippen LogP contribution in [0.2, 0.25) is 5.02 Å². The molecule has 188 valence electrons. The van der Waals surface area contributed by atoms with Gasteiger partial charge in [-0.25, -0.2) is 4.79 Å². The topological polar surface area (TPSA) is 61.9 Å². The Kier molecular flexibility index (Phi) is 7.40. The molecule has 0 unspecified atom stereocenters. The van der Waals surface area contributed by atoms with Gasteiger partial charge in [0.1, 0.15) is 5.75 Å². The molecule has 3 aromatic carbocycles. The van der Waals surface area contributed by atoms with E-state index in [0.29, 0.717) is 47.0 Å². The largest absolute Gasteiger partial charge is 0.573 e. The third-order valence-corrected chi connectivity index (χ3v) is 5.87. The van der Waals surface area contributed by atoms with Crippen molar-refractivity contribution < 1.29 is 27.5 Å². The maximum Gasteiger partial charge on any atom is 0.573 e. The van der Waals surface area contributed by atoms with E-state index in [9.17, 15) is 22.8 Å². The molecular formula is C26H23ClF3N3O3. The number of alkyl halides is 3. The molecule has 1 aliphatic heterocycles. The van der Waals surface area contributed by atoms with Crippen LogP contribution in [0, 0.1) is 6.92 Å². The molecule has 3 amide bonds. The number of hydrogen-bond acceptors (Lipinski definition) is 3. The second kappa shape index (κ2) is 10.5. The van der Waals surface area contributed by atoms with E-state index in [1.54, 1.807) is 52.3 Å². The minimum Gasteiger partial charge on any atom is -0.406 e. The molecular weight excluding hydrogens is 495 g/mol. The summed E-state index contributed by atoms with van der Waals surface area (Å²) < 4.78 is 41.8. The number of hydrogen-bond donors (Lipinski definition) is 1. The summed E-state index contributed by atoms with van der Waals surface area (Å²) in [6.45, 7) is 2.86. The minimum absolute atomic E-state index is 0.114. The summed E-state index contributed by atoms with van der Waals surface area (Å²) >= 11 is 5.91. The van der Waals surface area contributed by atoms with Crippen molar-refractivity contribution in [1.29, 1.82) is 0 Å². The van der Waals surface area contributed by atoms with Crippen LogP contribution in [0.15, 0.2) is 66.7 Å². The van der Waals surface area contributed by atoms with Crippen molar-refractivity contribution in [2.75, 3.05) is 23.3 Å². The lowest BCUT2D eigenvalue weighted by atomic mass is 10.1. The maximum atomic E-state index is 13.4. The Morgan fingerprint density at radius 1 is 1.06 bits per heavy atom. The molecule has 0 aromatic heterocycles. The van der Waals surface area contributed by atoms with Gasteiger partial charge in [-0.3, -0.25) is 9.69 Å². The van der Waals surface area contributed by atoms with Crippen LogP contribution >= 0.6 is 11.6 Å². The van der Waals surface area contributed by atoms with Crippen molar-refractivity contribution in [3.05, 3.63) is 88.4 Å². The lowest BCUT2D eigenvalue weighted by Gasteiger charge is -2.36. The van der Waals surface area contributed by atoms with Crippen molar-refractivity contribution in [3.8, 4) is 5.75 Å². The van der Waals surface area contributed by atoms with Gasteiger partial charge < -0.3 is 15.0 Å². The van der Waals surface area contributed by atoms with Crippen LogP contribution in [0.5, 0.6) is 5.75 Å². The number of urea groups is 1. The highest BCUT2D eigenvalue weighted by molar-refractivity contribution is 6.30. The number of halogens is 4. The number of anilines is 2. The van der Waals surface area contributed by atoms with Crippen LogP contribution in [0.1, 0.15) is 27.9 Å². The Bertz CT molecular complexity index is 1270. The van der Waals surface area contributed by atoms with Crippen molar-refractivity contribution in [2.45, 2.75) is 26.3 Å². The number of rotatable bonds is 6. The Balaban J connectivity index is 1.54. The van der Waals surface area contributed by atoms with E-state index in [-0.39, 0.29) is 24.2 Å². The predicted octanol–water partition coefficient (Wildman–Crippen LogP) is 6.63. The molecule has 4 rings (SSSR count). The van der Waals surface area contributed by atoms with Crippen LogP contribution in [-0.4, -0.2) is 36.3 Å². The molecule has 1 N–H and O–H groups in total. The van der Waals surface area contributed by atoms with E-state index >= 15 is 0 Å². The molecule has 0 saturated carbocycles. The zero-order chi connectivity index (χ0) is 25.9. The molecule has 0 bridgehead atoms. The van der Waals surface area contributed by atoms with E-state index < -0.39 is 6.36 Å². The molecule has 6 nitrogen and oxygen atoms in total. The maximum absolute atomic E-state index is 13.4. The summed E-state index contributed by atoms with van der Waals surface area (Å²) in [6, 6.07) is 17.1. The molecule has 0 aliphatic carbocycles. The zero-order valence-electron chi connectivity index (χ0n) is 19.3. The van der Waals surface area contributed by atoms with E-state index in [0.717, 1.165) is 5.56 Å². The highest BCUT2D eigenvalue weighted by Crippen LogP contribution is 2.31. The molecule has 0 atom stereocenters. The van der Waals surface area contributed by atoms with Crippen molar-refractivity contribution in [2.24, 2.45) is 0 Å². The van der Waals surface area contributed by atoms with Gasteiger partial charge in [-0.2, -0.15) is 0 Å². The smallest absolute Gasteiger partial charge is 0.406 e. The Hall–Kier alpha value is -3.72. The SMILES string of the molecule is Cc1ccc(N2CCCN(Cc3cccc(OC(F)(F)F)c3)C2=O)c(NC(=O)c2ccc(Cl)cc2)c1. The Morgan fingerprint density at radius 2 is 1.81 bits per heavy atom. The van der Waals surface area contributed by atoms with Gasteiger partial charge in [0.05, 0.1) is 11.4 Å². The first-order chi connectivity index (χ1) is 17.1. The van der Waals surface area contributed by atoms with E-state index in [2.05, 4.69) is 10.1 Å². The third-order valence-electron chi connectivity index (χ3n) is 5.61. The lowest BCUT2D eigenvalue weighted by molar-refractivity contribution is -0.274. The highest BCUT2D eigenvalue weighted by atomic mass is 35.5. The first kappa shape index (κ1) is 25.4.